The highest BCUT2D eigenvalue weighted by Crippen LogP contribution is 2.27. The maximum Gasteiger partial charge on any atom is 0.0399 e. The number of fused-ring (bicyclic) bond motifs is 1. The quantitative estimate of drug-likeness (QED) is 0.851. The van der Waals surface area contributed by atoms with E-state index in [2.05, 4.69) is 40.4 Å². The molecule has 2 aliphatic heterocycles. The lowest BCUT2D eigenvalue weighted by molar-refractivity contribution is 0.233. The topological polar surface area (TPSA) is 18.5 Å². The molecule has 98 valence electrons. The molecule has 1 fully saturated rings. The second-order valence-electron chi connectivity index (χ2n) is 5.51. The molecule has 0 bridgehead atoms. The van der Waals surface area contributed by atoms with E-state index in [1.807, 2.05) is 0 Å². The normalized spacial score (nSPS) is 20.8. The monoisotopic (exact) mass is 245 g/mol. The lowest BCUT2D eigenvalue weighted by Crippen LogP contribution is -2.42. The van der Waals surface area contributed by atoms with Crippen molar-refractivity contribution in [3.05, 3.63) is 29.3 Å². The van der Waals surface area contributed by atoms with Gasteiger partial charge in [-0.1, -0.05) is 12.1 Å². The van der Waals surface area contributed by atoms with E-state index in [1.165, 1.54) is 49.3 Å². The molecule has 3 heteroatoms. The van der Waals surface area contributed by atoms with E-state index in [1.54, 1.807) is 0 Å². The molecule has 0 aromatic heterocycles. The lowest BCUT2D eigenvalue weighted by atomic mass is 10.00. The molecule has 0 saturated carbocycles. The fraction of sp³-hybridized carbons (Fsp3) is 0.600. The molecule has 1 aromatic carbocycles. The Morgan fingerprint density at radius 3 is 2.83 bits per heavy atom. The predicted molar refractivity (Wildman–Crippen MR) is 76.2 cm³/mol. The molecule has 0 unspecified atom stereocenters. The van der Waals surface area contributed by atoms with Crippen LogP contribution in [-0.4, -0.2) is 44.7 Å². The maximum absolute atomic E-state index is 3.41. The zero-order valence-corrected chi connectivity index (χ0v) is 11.3. The average Bonchev–Trinajstić information content (AvgIpc) is 2.41. The number of anilines is 1. The fourth-order valence-electron chi connectivity index (χ4n) is 3.03. The van der Waals surface area contributed by atoms with Gasteiger partial charge in [0.25, 0.3) is 0 Å². The Labute approximate surface area is 110 Å². The molecule has 0 atom stereocenters. The van der Waals surface area contributed by atoms with E-state index in [-0.39, 0.29) is 0 Å². The fourth-order valence-corrected chi connectivity index (χ4v) is 3.03. The SMILES string of the molecule is CN1CCCc2ccc(CN3CCNCC3)cc21. The van der Waals surface area contributed by atoms with E-state index in [9.17, 15) is 0 Å². The molecule has 1 aromatic rings. The lowest BCUT2D eigenvalue weighted by Gasteiger charge is -2.30. The largest absolute Gasteiger partial charge is 0.374 e. The van der Waals surface area contributed by atoms with Gasteiger partial charge in [0, 0.05) is 52.0 Å². The Morgan fingerprint density at radius 2 is 2.00 bits per heavy atom. The van der Waals surface area contributed by atoms with Crippen molar-refractivity contribution in [2.75, 3.05) is 44.7 Å². The first-order chi connectivity index (χ1) is 8.83. The van der Waals surface area contributed by atoms with Crippen molar-refractivity contribution in [1.82, 2.24) is 10.2 Å². The summed E-state index contributed by atoms with van der Waals surface area (Å²) in [7, 11) is 2.21. The van der Waals surface area contributed by atoms with Gasteiger partial charge in [-0.05, 0) is 30.0 Å². The predicted octanol–water partition coefficient (Wildman–Crippen LogP) is 1.47. The smallest absolute Gasteiger partial charge is 0.0399 e. The number of rotatable bonds is 2. The Bertz CT molecular complexity index is 410. The van der Waals surface area contributed by atoms with Crippen LogP contribution >= 0.6 is 0 Å². The highest BCUT2D eigenvalue weighted by atomic mass is 15.2. The molecule has 2 heterocycles. The number of hydrogen-bond acceptors (Lipinski definition) is 3. The average molecular weight is 245 g/mol. The molecule has 1 saturated heterocycles. The van der Waals surface area contributed by atoms with Crippen LogP contribution in [-0.2, 0) is 13.0 Å². The molecule has 0 spiro atoms. The standard InChI is InChI=1S/C15H23N3/c1-17-8-2-3-14-5-4-13(11-15(14)17)12-18-9-6-16-7-10-18/h4-5,11,16H,2-3,6-10,12H2,1H3. The van der Waals surface area contributed by atoms with Crippen LogP contribution in [0.4, 0.5) is 5.69 Å². The van der Waals surface area contributed by atoms with Gasteiger partial charge in [-0.3, -0.25) is 4.90 Å². The van der Waals surface area contributed by atoms with E-state index in [4.69, 9.17) is 0 Å². The molecule has 0 aliphatic carbocycles. The van der Waals surface area contributed by atoms with Crippen molar-refractivity contribution in [2.45, 2.75) is 19.4 Å². The van der Waals surface area contributed by atoms with Gasteiger partial charge in [0.2, 0.25) is 0 Å². The van der Waals surface area contributed by atoms with Crippen molar-refractivity contribution < 1.29 is 0 Å². The maximum atomic E-state index is 3.41. The highest BCUT2D eigenvalue weighted by molar-refractivity contribution is 5.56. The highest BCUT2D eigenvalue weighted by Gasteiger charge is 2.15. The second kappa shape index (κ2) is 5.29. The number of aryl methyl sites for hydroxylation is 1. The number of benzene rings is 1. The minimum absolute atomic E-state index is 1.10. The summed E-state index contributed by atoms with van der Waals surface area (Å²) in [6, 6.07) is 7.05. The van der Waals surface area contributed by atoms with Crippen LogP contribution in [0, 0.1) is 0 Å². The first-order valence-electron chi connectivity index (χ1n) is 7.09. The summed E-state index contributed by atoms with van der Waals surface area (Å²) in [5.41, 5.74) is 4.44. The summed E-state index contributed by atoms with van der Waals surface area (Å²) in [6.07, 6.45) is 2.54. The molecule has 18 heavy (non-hydrogen) atoms. The van der Waals surface area contributed by atoms with Crippen LogP contribution in [0.3, 0.4) is 0 Å². The van der Waals surface area contributed by atoms with Crippen LogP contribution < -0.4 is 10.2 Å². The van der Waals surface area contributed by atoms with Gasteiger partial charge in [-0.2, -0.15) is 0 Å². The molecule has 0 amide bonds. The Kier molecular flexibility index (Phi) is 3.52. The molecule has 2 aliphatic rings. The minimum atomic E-state index is 1.10. The number of piperazine rings is 1. The van der Waals surface area contributed by atoms with Gasteiger partial charge < -0.3 is 10.2 Å². The number of nitrogens with zero attached hydrogens (tertiary/aromatic N) is 2. The van der Waals surface area contributed by atoms with Crippen LogP contribution in [0.1, 0.15) is 17.5 Å². The summed E-state index contributed by atoms with van der Waals surface area (Å²) < 4.78 is 0. The van der Waals surface area contributed by atoms with Crippen LogP contribution in [0.2, 0.25) is 0 Å². The molecule has 0 radical (unpaired) electrons. The Hall–Kier alpha value is -1.06. The summed E-state index contributed by atoms with van der Waals surface area (Å²) in [4.78, 5) is 4.95. The third kappa shape index (κ3) is 2.52. The Balaban J connectivity index is 1.74. The zero-order valence-electron chi connectivity index (χ0n) is 11.3. The first-order valence-corrected chi connectivity index (χ1v) is 7.09. The summed E-state index contributed by atoms with van der Waals surface area (Å²) in [5.74, 6) is 0. The van der Waals surface area contributed by atoms with Gasteiger partial charge >= 0.3 is 0 Å². The van der Waals surface area contributed by atoms with Gasteiger partial charge in [0.15, 0.2) is 0 Å². The van der Waals surface area contributed by atoms with Gasteiger partial charge in [-0.25, -0.2) is 0 Å². The van der Waals surface area contributed by atoms with Crippen molar-refractivity contribution in [2.24, 2.45) is 0 Å². The van der Waals surface area contributed by atoms with E-state index >= 15 is 0 Å². The molecule has 3 rings (SSSR count). The third-order valence-corrected chi connectivity index (χ3v) is 4.12. The zero-order chi connectivity index (χ0) is 12.4. The van der Waals surface area contributed by atoms with Gasteiger partial charge in [0.1, 0.15) is 0 Å². The van der Waals surface area contributed by atoms with Crippen molar-refractivity contribution in [1.29, 1.82) is 0 Å². The summed E-state index contributed by atoms with van der Waals surface area (Å²) >= 11 is 0. The van der Waals surface area contributed by atoms with Crippen molar-refractivity contribution >= 4 is 5.69 Å². The summed E-state index contributed by atoms with van der Waals surface area (Å²) in [5, 5.41) is 3.41. The molecular weight excluding hydrogens is 222 g/mol. The van der Waals surface area contributed by atoms with E-state index < -0.39 is 0 Å². The van der Waals surface area contributed by atoms with Gasteiger partial charge in [0.05, 0.1) is 0 Å². The Morgan fingerprint density at radius 1 is 1.17 bits per heavy atom. The molecular formula is C15H23N3. The van der Waals surface area contributed by atoms with E-state index in [0.717, 1.165) is 19.6 Å². The number of nitrogens with one attached hydrogen (secondary N) is 1. The first kappa shape index (κ1) is 12.0. The van der Waals surface area contributed by atoms with Crippen molar-refractivity contribution in [3.63, 3.8) is 0 Å². The third-order valence-electron chi connectivity index (χ3n) is 4.12. The van der Waals surface area contributed by atoms with Crippen LogP contribution in [0.25, 0.3) is 0 Å². The molecule has 1 N–H and O–H groups in total. The summed E-state index contributed by atoms with van der Waals surface area (Å²) in [6.45, 7) is 6.91. The van der Waals surface area contributed by atoms with Gasteiger partial charge in [-0.15, -0.1) is 0 Å². The van der Waals surface area contributed by atoms with E-state index in [0.29, 0.717) is 0 Å². The van der Waals surface area contributed by atoms with Crippen LogP contribution in [0.5, 0.6) is 0 Å². The van der Waals surface area contributed by atoms with Crippen LogP contribution in [0.15, 0.2) is 18.2 Å². The molecule has 3 nitrogen and oxygen atoms in total. The van der Waals surface area contributed by atoms with Crippen molar-refractivity contribution in [3.8, 4) is 0 Å². The number of hydrogen-bond donors (Lipinski definition) is 1. The second-order valence-corrected chi connectivity index (χ2v) is 5.51. The minimum Gasteiger partial charge on any atom is -0.374 e.